The van der Waals surface area contributed by atoms with Crippen molar-refractivity contribution in [1.29, 1.82) is 0 Å². The van der Waals surface area contributed by atoms with E-state index in [9.17, 15) is 0 Å². The molecule has 2 unspecified atom stereocenters. The van der Waals surface area contributed by atoms with Gasteiger partial charge in [0.05, 0.1) is 6.10 Å². The molecule has 17 heavy (non-hydrogen) atoms. The van der Waals surface area contributed by atoms with E-state index in [2.05, 4.69) is 29.6 Å². The second kappa shape index (κ2) is 6.15. The van der Waals surface area contributed by atoms with Gasteiger partial charge in [0.2, 0.25) is 0 Å². The first-order chi connectivity index (χ1) is 8.35. The van der Waals surface area contributed by atoms with Crippen LogP contribution in [0.15, 0.2) is 24.3 Å². The van der Waals surface area contributed by atoms with Crippen molar-refractivity contribution in [2.45, 2.75) is 31.9 Å². The minimum atomic E-state index is 0.156. The fourth-order valence-corrected chi connectivity index (χ4v) is 2.53. The van der Waals surface area contributed by atoms with Crippen molar-refractivity contribution in [2.75, 3.05) is 19.7 Å². The van der Waals surface area contributed by atoms with E-state index in [1.54, 1.807) is 0 Å². The van der Waals surface area contributed by atoms with E-state index in [1.807, 2.05) is 6.92 Å². The number of nitrogens with two attached hydrogens (primary N) is 1. The molecule has 0 saturated carbocycles. The van der Waals surface area contributed by atoms with Gasteiger partial charge in [-0.15, -0.1) is 0 Å². The standard InChI is InChI=1S/C14H22N2O/c1-2-17-12(10-15)9-14-13-6-4-3-5-11(13)7-8-16-14/h3-6,12,14,16H,2,7-10,15H2,1H3. The Kier molecular flexibility index (Phi) is 4.54. The minimum absolute atomic E-state index is 0.156. The van der Waals surface area contributed by atoms with Gasteiger partial charge < -0.3 is 15.8 Å². The van der Waals surface area contributed by atoms with E-state index in [4.69, 9.17) is 10.5 Å². The Labute approximate surface area is 103 Å². The highest BCUT2D eigenvalue weighted by molar-refractivity contribution is 5.32. The SMILES string of the molecule is CCOC(CN)CC1NCCc2ccccc21. The maximum Gasteiger partial charge on any atom is 0.0715 e. The predicted molar refractivity (Wildman–Crippen MR) is 70.0 cm³/mol. The molecule has 1 aromatic rings. The summed E-state index contributed by atoms with van der Waals surface area (Å²) in [4.78, 5) is 0. The second-order valence-corrected chi connectivity index (χ2v) is 4.50. The summed E-state index contributed by atoms with van der Waals surface area (Å²) in [6.45, 7) is 4.39. The molecule has 2 atom stereocenters. The molecule has 1 aliphatic heterocycles. The molecule has 2 rings (SSSR count). The summed E-state index contributed by atoms with van der Waals surface area (Å²) in [6, 6.07) is 9.05. The fourth-order valence-electron chi connectivity index (χ4n) is 2.53. The van der Waals surface area contributed by atoms with E-state index in [0.29, 0.717) is 12.6 Å². The van der Waals surface area contributed by atoms with Gasteiger partial charge in [-0.2, -0.15) is 0 Å². The van der Waals surface area contributed by atoms with Crippen molar-refractivity contribution in [2.24, 2.45) is 5.73 Å². The number of benzene rings is 1. The lowest BCUT2D eigenvalue weighted by atomic mass is 9.91. The zero-order valence-corrected chi connectivity index (χ0v) is 10.5. The van der Waals surface area contributed by atoms with Crippen LogP contribution in [0, 0.1) is 0 Å². The molecular formula is C14H22N2O. The van der Waals surface area contributed by atoms with Gasteiger partial charge in [-0.3, -0.25) is 0 Å². The van der Waals surface area contributed by atoms with Crippen LogP contribution < -0.4 is 11.1 Å². The summed E-state index contributed by atoms with van der Waals surface area (Å²) in [5.41, 5.74) is 8.62. The molecule has 0 amide bonds. The van der Waals surface area contributed by atoms with Gasteiger partial charge in [-0.1, -0.05) is 24.3 Å². The van der Waals surface area contributed by atoms with E-state index < -0.39 is 0 Å². The first-order valence-electron chi connectivity index (χ1n) is 6.48. The van der Waals surface area contributed by atoms with Crippen LogP contribution >= 0.6 is 0 Å². The molecule has 0 bridgehead atoms. The van der Waals surface area contributed by atoms with Gasteiger partial charge >= 0.3 is 0 Å². The van der Waals surface area contributed by atoms with E-state index in [0.717, 1.165) is 26.0 Å². The van der Waals surface area contributed by atoms with E-state index in [-0.39, 0.29) is 6.10 Å². The number of hydrogen-bond donors (Lipinski definition) is 2. The van der Waals surface area contributed by atoms with Gasteiger partial charge in [0.1, 0.15) is 0 Å². The Balaban J connectivity index is 2.07. The molecule has 0 fully saturated rings. The van der Waals surface area contributed by atoms with Crippen LogP contribution in [0.3, 0.4) is 0 Å². The molecule has 0 radical (unpaired) electrons. The molecule has 1 aliphatic rings. The Hall–Kier alpha value is -0.900. The number of rotatable bonds is 5. The number of nitrogens with one attached hydrogen (secondary N) is 1. The van der Waals surface area contributed by atoms with Crippen LogP contribution in [0.4, 0.5) is 0 Å². The average Bonchev–Trinajstić information content (AvgIpc) is 2.38. The average molecular weight is 234 g/mol. The summed E-state index contributed by atoms with van der Waals surface area (Å²) >= 11 is 0. The zero-order valence-electron chi connectivity index (χ0n) is 10.5. The molecule has 1 heterocycles. The Bertz CT molecular complexity index is 354. The van der Waals surface area contributed by atoms with Crippen molar-refractivity contribution in [3.05, 3.63) is 35.4 Å². The van der Waals surface area contributed by atoms with Crippen LogP contribution in [0.5, 0.6) is 0 Å². The predicted octanol–water partition coefficient (Wildman–Crippen LogP) is 1.63. The van der Waals surface area contributed by atoms with Crippen LogP contribution in [0.1, 0.15) is 30.5 Å². The van der Waals surface area contributed by atoms with Crippen molar-refractivity contribution < 1.29 is 4.74 Å². The van der Waals surface area contributed by atoms with Crippen molar-refractivity contribution in [1.82, 2.24) is 5.32 Å². The molecule has 1 aromatic carbocycles. The summed E-state index contributed by atoms with van der Waals surface area (Å²) in [7, 11) is 0. The van der Waals surface area contributed by atoms with Gasteiger partial charge in [0.15, 0.2) is 0 Å². The molecule has 3 N–H and O–H groups in total. The normalized spacial score (nSPS) is 20.9. The third kappa shape index (κ3) is 3.06. The lowest BCUT2D eigenvalue weighted by Crippen LogP contribution is -2.35. The van der Waals surface area contributed by atoms with E-state index in [1.165, 1.54) is 11.1 Å². The number of hydrogen-bond acceptors (Lipinski definition) is 3. The van der Waals surface area contributed by atoms with Crippen molar-refractivity contribution in [3.8, 4) is 0 Å². The number of fused-ring (bicyclic) bond motifs is 1. The maximum atomic E-state index is 5.74. The summed E-state index contributed by atoms with van der Waals surface area (Å²) in [5.74, 6) is 0. The molecule has 3 nitrogen and oxygen atoms in total. The minimum Gasteiger partial charge on any atom is -0.377 e. The molecule has 0 saturated heterocycles. The zero-order chi connectivity index (χ0) is 12.1. The second-order valence-electron chi connectivity index (χ2n) is 4.50. The molecule has 94 valence electrons. The fraction of sp³-hybridized carbons (Fsp3) is 0.571. The Morgan fingerprint density at radius 3 is 3.06 bits per heavy atom. The van der Waals surface area contributed by atoms with Crippen LogP contribution in [-0.4, -0.2) is 25.8 Å². The molecule has 0 aromatic heterocycles. The quantitative estimate of drug-likeness (QED) is 0.814. The van der Waals surface area contributed by atoms with E-state index >= 15 is 0 Å². The maximum absolute atomic E-state index is 5.74. The third-order valence-corrected chi connectivity index (χ3v) is 3.38. The van der Waals surface area contributed by atoms with Crippen LogP contribution in [0.2, 0.25) is 0 Å². The lowest BCUT2D eigenvalue weighted by molar-refractivity contribution is 0.0546. The van der Waals surface area contributed by atoms with Gasteiger partial charge in [0, 0.05) is 19.2 Å². The molecular weight excluding hydrogens is 212 g/mol. The highest BCUT2D eigenvalue weighted by atomic mass is 16.5. The van der Waals surface area contributed by atoms with Crippen molar-refractivity contribution in [3.63, 3.8) is 0 Å². The van der Waals surface area contributed by atoms with Gasteiger partial charge in [0.25, 0.3) is 0 Å². The molecule has 3 heteroatoms. The highest BCUT2D eigenvalue weighted by Gasteiger charge is 2.22. The topological polar surface area (TPSA) is 47.3 Å². The summed E-state index contributed by atoms with van der Waals surface area (Å²) in [5, 5.41) is 3.56. The Morgan fingerprint density at radius 1 is 1.47 bits per heavy atom. The van der Waals surface area contributed by atoms with Crippen LogP contribution in [0.25, 0.3) is 0 Å². The number of ether oxygens (including phenoxy) is 1. The first-order valence-corrected chi connectivity index (χ1v) is 6.48. The van der Waals surface area contributed by atoms with Crippen LogP contribution in [-0.2, 0) is 11.2 Å². The first kappa shape index (κ1) is 12.6. The van der Waals surface area contributed by atoms with Crippen molar-refractivity contribution >= 4 is 0 Å². The summed E-state index contributed by atoms with van der Waals surface area (Å²) in [6.07, 6.45) is 2.24. The largest absolute Gasteiger partial charge is 0.377 e. The molecule has 0 aliphatic carbocycles. The van der Waals surface area contributed by atoms with Gasteiger partial charge in [-0.05, 0) is 37.4 Å². The summed E-state index contributed by atoms with van der Waals surface area (Å²) < 4.78 is 5.64. The highest BCUT2D eigenvalue weighted by Crippen LogP contribution is 2.26. The molecule has 0 spiro atoms. The Morgan fingerprint density at radius 2 is 2.29 bits per heavy atom. The monoisotopic (exact) mass is 234 g/mol. The smallest absolute Gasteiger partial charge is 0.0715 e. The lowest BCUT2D eigenvalue weighted by Gasteiger charge is -2.29. The third-order valence-electron chi connectivity index (χ3n) is 3.38. The van der Waals surface area contributed by atoms with Gasteiger partial charge in [-0.25, -0.2) is 0 Å².